The van der Waals surface area contributed by atoms with E-state index in [1.807, 2.05) is 18.2 Å². The van der Waals surface area contributed by atoms with E-state index in [4.69, 9.17) is 11.6 Å². The number of aliphatic hydroxyl groups is 1. The molecule has 1 aromatic rings. The van der Waals surface area contributed by atoms with Gasteiger partial charge in [-0.3, -0.25) is 0 Å². The first kappa shape index (κ1) is 14.8. The Hall–Kier alpha value is -0.250. The minimum atomic E-state index is -0.0421. The molecule has 17 heavy (non-hydrogen) atoms. The molecule has 0 spiro atoms. The summed E-state index contributed by atoms with van der Waals surface area (Å²) in [6.07, 6.45) is 1.91. The lowest BCUT2D eigenvalue weighted by molar-refractivity contribution is 0.127. The first-order valence-electron chi connectivity index (χ1n) is 5.86. The first-order chi connectivity index (χ1) is 8.06. The molecular formula is C13H19BrClNO. The third-order valence-electron chi connectivity index (χ3n) is 3.42. The van der Waals surface area contributed by atoms with E-state index in [0.717, 1.165) is 29.5 Å². The van der Waals surface area contributed by atoms with Gasteiger partial charge in [0.1, 0.15) is 0 Å². The molecule has 0 unspecified atom stereocenters. The molecule has 0 fully saturated rings. The van der Waals surface area contributed by atoms with Crippen molar-refractivity contribution in [1.82, 2.24) is 0 Å². The summed E-state index contributed by atoms with van der Waals surface area (Å²) in [5.74, 6) is 0. The average Bonchev–Trinajstić information content (AvgIpc) is 2.36. The Morgan fingerprint density at radius 2 is 2.00 bits per heavy atom. The van der Waals surface area contributed by atoms with Crippen LogP contribution in [0.2, 0.25) is 5.02 Å². The van der Waals surface area contributed by atoms with Crippen molar-refractivity contribution in [3.05, 3.63) is 27.7 Å². The summed E-state index contributed by atoms with van der Waals surface area (Å²) in [6, 6.07) is 5.78. The smallest absolute Gasteiger partial charge is 0.0568 e. The van der Waals surface area contributed by atoms with Gasteiger partial charge in [0.15, 0.2) is 0 Å². The van der Waals surface area contributed by atoms with Gasteiger partial charge in [-0.2, -0.15) is 0 Å². The third kappa shape index (κ3) is 3.87. The van der Waals surface area contributed by atoms with E-state index in [0.29, 0.717) is 5.02 Å². The number of halogens is 2. The molecule has 0 heterocycles. The van der Waals surface area contributed by atoms with Crippen LogP contribution in [0.3, 0.4) is 0 Å². The van der Waals surface area contributed by atoms with E-state index in [1.54, 1.807) is 0 Å². The Morgan fingerprint density at radius 3 is 2.47 bits per heavy atom. The molecule has 0 aliphatic heterocycles. The maximum atomic E-state index is 9.48. The van der Waals surface area contributed by atoms with Crippen molar-refractivity contribution < 1.29 is 5.11 Å². The lowest BCUT2D eigenvalue weighted by atomic mass is 9.83. The topological polar surface area (TPSA) is 32.3 Å². The fraction of sp³-hybridized carbons (Fsp3) is 0.538. The maximum Gasteiger partial charge on any atom is 0.0568 e. The molecular weight excluding hydrogens is 302 g/mol. The van der Waals surface area contributed by atoms with Gasteiger partial charge in [0.05, 0.1) is 11.6 Å². The summed E-state index contributed by atoms with van der Waals surface area (Å²) in [4.78, 5) is 0. The monoisotopic (exact) mass is 319 g/mol. The zero-order valence-electron chi connectivity index (χ0n) is 10.3. The van der Waals surface area contributed by atoms with Crippen LogP contribution in [-0.4, -0.2) is 18.3 Å². The lowest BCUT2D eigenvalue weighted by Crippen LogP contribution is -2.32. The zero-order valence-corrected chi connectivity index (χ0v) is 12.6. The minimum absolute atomic E-state index is 0.0421. The summed E-state index contributed by atoms with van der Waals surface area (Å²) < 4.78 is 0.893. The van der Waals surface area contributed by atoms with Crippen LogP contribution in [0, 0.1) is 5.41 Å². The lowest BCUT2D eigenvalue weighted by Gasteiger charge is -2.30. The molecule has 0 amide bonds. The second kappa shape index (κ2) is 6.62. The van der Waals surface area contributed by atoms with Gasteiger partial charge in [-0.1, -0.05) is 25.4 Å². The molecule has 0 bridgehead atoms. The standard InChI is InChI=1S/C13H19BrClNO/c1-3-13(4-2,9-17)8-16-10-5-6-11(14)12(15)7-10/h5-7,16-17H,3-4,8-9H2,1-2H3. The van der Waals surface area contributed by atoms with Gasteiger partial charge < -0.3 is 10.4 Å². The highest BCUT2D eigenvalue weighted by molar-refractivity contribution is 9.10. The first-order valence-corrected chi connectivity index (χ1v) is 7.04. The van der Waals surface area contributed by atoms with Crippen molar-refractivity contribution in [3.63, 3.8) is 0 Å². The fourth-order valence-corrected chi connectivity index (χ4v) is 2.10. The summed E-state index contributed by atoms with van der Waals surface area (Å²) in [5.41, 5.74) is 0.942. The van der Waals surface area contributed by atoms with E-state index in [9.17, 15) is 5.11 Å². The molecule has 0 saturated carbocycles. The van der Waals surface area contributed by atoms with Crippen molar-refractivity contribution in [3.8, 4) is 0 Å². The van der Waals surface area contributed by atoms with E-state index in [1.165, 1.54) is 0 Å². The number of hydrogen-bond acceptors (Lipinski definition) is 2. The Kier molecular flexibility index (Phi) is 5.77. The van der Waals surface area contributed by atoms with Gasteiger partial charge in [0.2, 0.25) is 0 Å². The van der Waals surface area contributed by atoms with Crippen molar-refractivity contribution in [2.24, 2.45) is 5.41 Å². The second-order valence-corrected chi connectivity index (χ2v) is 5.61. The molecule has 4 heteroatoms. The number of hydrogen-bond donors (Lipinski definition) is 2. The van der Waals surface area contributed by atoms with Crippen LogP contribution in [0.5, 0.6) is 0 Å². The van der Waals surface area contributed by atoms with Crippen molar-refractivity contribution in [2.75, 3.05) is 18.5 Å². The molecule has 0 saturated heterocycles. The van der Waals surface area contributed by atoms with E-state index >= 15 is 0 Å². The largest absolute Gasteiger partial charge is 0.396 e. The van der Waals surface area contributed by atoms with E-state index in [-0.39, 0.29) is 12.0 Å². The quantitative estimate of drug-likeness (QED) is 0.818. The van der Waals surface area contributed by atoms with Gasteiger partial charge in [-0.25, -0.2) is 0 Å². The van der Waals surface area contributed by atoms with Gasteiger partial charge in [0.25, 0.3) is 0 Å². The fourth-order valence-electron chi connectivity index (χ4n) is 1.68. The third-order valence-corrected chi connectivity index (χ3v) is 4.66. The molecule has 0 aliphatic rings. The molecule has 1 rings (SSSR count). The van der Waals surface area contributed by atoms with Crippen molar-refractivity contribution >= 4 is 33.2 Å². The molecule has 0 atom stereocenters. The molecule has 1 aromatic carbocycles. The highest BCUT2D eigenvalue weighted by atomic mass is 79.9. The minimum Gasteiger partial charge on any atom is -0.396 e. The van der Waals surface area contributed by atoms with Crippen molar-refractivity contribution in [1.29, 1.82) is 0 Å². The number of aliphatic hydroxyl groups excluding tert-OH is 1. The Bertz CT molecular complexity index is 358. The predicted molar refractivity (Wildman–Crippen MR) is 77.7 cm³/mol. The van der Waals surface area contributed by atoms with Crippen LogP contribution in [-0.2, 0) is 0 Å². The summed E-state index contributed by atoms with van der Waals surface area (Å²) in [5, 5.41) is 13.5. The van der Waals surface area contributed by atoms with E-state index in [2.05, 4.69) is 35.1 Å². The van der Waals surface area contributed by atoms with E-state index < -0.39 is 0 Å². The SMILES string of the molecule is CCC(CC)(CO)CNc1ccc(Br)c(Cl)c1. The van der Waals surface area contributed by atoms with Gasteiger partial charge in [-0.05, 0) is 47.0 Å². The molecule has 0 radical (unpaired) electrons. The molecule has 0 aliphatic carbocycles. The van der Waals surface area contributed by atoms with Crippen LogP contribution in [0.1, 0.15) is 26.7 Å². The highest BCUT2D eigenvalue weighted by Gasteiger charge is 2.24. The number of nitrogens with one attached hydrogen (secondary N) is 1. The van der Waals surface area contributed by atoms with Gasteiger partial charge >= 0.3 is 0 Å². The number of benzene rings is 1. The molecule has 96 valence electrons. The molecule has 2 N–H and O–H groups in total. The van der Waals surface area contributed by atoms with Crippen LogP contribution in [0.4, 0.5) is 5.69 Å². The zero-order chi connectivity index (χ0) is 12.9. The molecule has 0 aromatic heterocycles. The highest BCUT2D eigenvalue weighted by Crippen LogP contribution is 2.29. The van der Waals surface area contributed by atoms with Crippen LogP contribution in [0.15, 0.2) is 22.7 Å². The Morgan fingerprint density at radius 1 is 1.35 bits per heavy atom. The van der Waals surface area contributed by atoms with Crippen molar-refractivity contribution in [2.45, 2.75) is 26.7 Å². The summed E-state index contributed by atoms with van der Waals surface area (Å²) >= 11 is 9.39. The Balaban J connectivity index is 2.68. The number of anilines is 1. The van der Waals surface area contributed by atoms with Gasteiger partial charge in [-0.15, -0.1) is 0 Å². The van der Waals surface area contributed by atoms with Crippen LogP contribution < -0.4 is 5.32 Å². The summed E-state index contributed by atoms with van der Waals surface area (Å²) in [6.45, 7) is 5.18. The Labute approximate surface area is 117 Å². The second-order valence-electron chi connectivity index (χ2n) is 4.35. The predicted octanol–water partition coefficient (Wildman–Crippen LogP) is 4.31. The molecule has 2 nitrogen and oxygen atoms in total. The summed E-state index contributed by atoms with van der Waals surface area (Å²) in [7, 11) is 0. The number of rotatable bonds is 6. The normalized spacial score (nSPS) is 11.6. The van der Waals surface area contributed by atoms with Crippen LogP contribution in [0.25, 0.3) is 0 Å². The average molecular weight is 321 g/mol. The van der Waals surface area contributed by atoms with Gasteiger partial charge in [0, 0.05) is 22.1 Å². The van der Waals surface area contributed by atoms with Crippen LogP contribution >= 0.6 is 27.5 Å². The maximum absolute atomic E-state index is 9.48.